The normalized spacial score (nSPS) is 16.0. The van der Waals surface area contributed by atoms with Gasteiger partial charge in [-0.15, -0.1) is 0 Å². The Labute approximate surface area is 137 Å². The molecule has 23 heavy (non-hydrogen) atoms. The van der Waals surface area contributed by atoms with Crippen LogP contribution in [0.5, 0.6) is 5.75 Å². The van der Waals surface area contributed by atoms with Crippen molar-refractivity contribution in [2.75, 3.05) is 25.5 Å². The smallest absolute Gasteiger partial charge is 0.246 e. The Kier molecular flexibility index (Phi) is 4.93. The van der Waals surface area contributed by atoms with Gasteiger partial charge in [0.1, 0.15) is 11.8 Å². The summed E-state index contributed by atoms with van der Waals surface area (Å²) in [6.45, 7) is 1.94. The van der Waals surface area contributed by atoms with E-state index < -0.39 is 0 Å². The number of hydrogen-bond acceptors (Lipinski definition) is 3. The summed E-state index contributed by atoms with van der Waals surface area (Å²) in [5, 5.41) is 3.03. The Morgan fingerprint density at radius 2 is 1.70 bits per heavy atom. The monoisotopic (exact) mass is 310 g/mol. The van der Waals surface area contributed by atoms with E-state index in [2.05, 4.69) is 10.2 Å². The maximum atomic E-state index is 12.9. The van der Waals surface area contributed by atoms with Gasteiger partial charge in [0, 0.05) is 5.69 Å². The van der Waals surface area contributed by atoms with Crippen LogP contribution in [0.4, 0.5) is 5.69 Å². The molecule has 0 aromatic heterocycles. The highest BCUT2D eigenvalue weighted by Crippen LogP contribution is 2.27. The zero-order chi connectivity index (χ0) is 16.1. The fourth-order valence-corrected chi connectivity index (χ4v) is 3.05. The minimum atomic E-state index is -0.235. The van der Waals surface area contributed by atoms with E-state index in [0.717, 1.165) is 42.9 Å². The molecule has 2 aromatic carbocycles. The lowest BCUT2D eigenvalue weighted by atomic mass is 10.0. The van der Waals surface area contributed by atoms with Crippen LogP contribution in [0.25, 0.3) is 0 Å². The van der Waals surface area contributed by atoms with Gasteiger partial charge in [-0.25, -0.2) is 0 Å². The van der Waals surface area contributed by atoms with Gasteiger partial charge in [0.25, 0.3) is 0 Å². The second kappa shape index (κ2) is 7.29. The molecule has 0 bridgehead atoms. The summed E-state index contributed by atoms with van der Waals surface area (Å²) in [7, 11) is 1.63. The van der Waals surface area contributed by atoms with Gasteiger partial charge in [-0.3, -0.25) is 9.69 Å². The van der Waals surface area contributed by atoms with Crippen LogP contribution in [0.3, 0.4) is 0 Å². The molecule has 1 aliphatic rings. The molecule has 1 atom stereocenters. The predicted octanol–water partition coefficient (Wildman–Crippen LogP) is 3.47. The number of nitrogens with one attached hydrogen (secondary N) is 1. The van der Waals surface area contributed by atoms with Crippen molar-refractivity contribution in [3.8, 4) is 5.75 Å². The minimum absolute atomic E-state index is 0.0169. The van der Waals surface area contributed by atoms with E-state index >= 15 is 0 Å². The summed E-state index contributed by atoms with van der Waals surface area (Å²) < 4.78 is 5.15. The van der Waals surface area contributed by atoms with Crippen LogP contribution < -0.4 is 10.1 Å². The van der Waals surface area contributed by atoms with E-state index in [1.807, 2.05) is 54.6 Å². The van der Waals surface area contributed by atoms with E-state index in [1.54, 1.807) is 7.11 Å². The fraction of sp³-hybridized carbons (Fsp3) is 0.316. The quantitative estimate of drug-likeness (QED) is 0.919. The Balaban J connectivity index is 1.79. The van der Waals surface area contributed by atoms with Gasteiger partial charge in [0.15, 0.2) is 0 Å². The summed E-state index contributed by atoms with van der Waals surface area (Å²) in [5.41, 5.74) is 1.83. The number of rotatable bonds is 5. The zero-order valence-corrected chi connectivity index (χ0v) is 13.4. The van der Waals surface area contributed by atoms with Crippen LogP contribution in [-0.2, 0) is 4.79 Å². The lowest BCUT2D eigenvalue weighted by molar-refractivity contribution is -0.121. The molecule has 0 unspecified atom stereocenters. The van der Waals surface area contributed by atoms with Crippen molar-refractivity contribution >= 4 is 11.6 Å². The first kappa shape index (κ1) is 15.6. The lowest BCUT2D eigenvalue weighted by Crippen LogP contribution is -2.35. The van der Waals surface area contributed by atoms with Crippen molar-refractivity contribution in [2.24, 2.45) is 0 Å². The Morgan fingerprint density at radius 1 is 1.04 bits per heavy atom. The molecule has 1 amide bonds. The number of nitrogens with zero attached hydrogens (tertiary/aromatic N) is 1. The molecular weight excluding hydrogens is 288 g/mol. The van der Waals surface area contributed by atoms with Crippen LogP contribution in [-0.4, -0.2) is 31.0 Å². The van der Waals surface area contributed by atoms with Gasteiger partial charge >= 0.3 is 0 Å². The fourth-order valence-electron chi connectivity index (χ4n) is 3.05. The van der Waals surface area contributed by atoms with Crippen LogP contribution in [0, 0.1) is 0 Å². The molecule has 2 aromatic rings. The van der Waals surface area contributed by atoms with Crippen LogP contribution >= 0.6 is 0 Å². The van der Waals surface area contributed by atoms with Crippen LogP contribution in [0.2, 0.25) is 0 Å². The number of anilines is 1. The van der Waals surface area contributed by atoms with Crippen LogP contribution in [0.1, 0.15) is 24.4 Å². The third-order valence-electron chi connectivity index (χ3n) is 4.23. The van der Waals surface area contributed by atoms with Gasteiger partial charge in [-0.05, 0) is 55.8 Å². The first-order valence-electron chi connectivity index (χ1n) is 8.02. The minimum Gasteiger partial charge on any atom is -0.497 e. The molecule has 1 heterocycles. The van der Waals surface area contributed by atoms with Crippen molar-refractivity contribution < 1.29 is 9.53 Å². The number of ether oxygens (including phenoxy) is 1. The second-order valence-corrected chi connectivity index (χ2v) is 5.77. The molecule has 1 saturated heterocycles. The highest BCUT2D eigenvalue weighted by atomic mass is 16.5. The highest BCUT2D eigenvalue weighted by Gasteiger charge is 2.29. The molecule has 4 heteroatoms. The molecule has 4 nitrogen and oxygen atoms in total. The topological polar surface area (TPSA) is 41.6 Å². The molecule has 0 radical (unpaired) electrons. The Morgan fingerprint density at radius 3 is 2.30 bits per heavy atom. The van der Waals surface area contributed by atoms with Crippen molar-refractivity contribution in [3.05, 3.63) is 60.2 Å². The predicted molar refractivity (Wildman–Crippen MR) is 91.6 cm³/mol. The molecule has 1 N–H and O–H groups in total. The first-order chi connectivity index (χ1) is 11.3. The highest BCUT2D eigenvalue weighted by molar-refractivity contribution is 5.95. The summed E-state index contributed by atoms with van der Waals surface area (Å²) in [6, 6.07) is 17.2. The average Bonchev–Trinajstić information content (AvgIpc) is 3.11. The Bertz CT molecular complexity index is 634. The van der Waals surface area contributed by atoms with Gasteiger partial charge in [-0.2, -0.15) is 0 Å². The van der Waals surface area contributed by atoms with Gasteiger partial charge < -0.3 is 10.1 Å². The summed E-state index contributed by atoms with van der Waals surface area (Å²) in [4.78, 5) is 15.1. The number of likely N-dealkylation sites (tertiary alicyclic amines) is 1. The number of methoxy groups -OCH3 is 1. The number of hydrogen-bond donors (Lipinski definition) is 1. The van der Waals surface area contributed by atoms with Gasteiger partial charge in [0.2, 0.25) is 5.91 Å². The summed E-state index contributed by atoms with van der Waals surface area (Å²) in [5.74, 6) is 0.797. The SMILES string of the molecule is COc1ccc(NC(=O)[C@H](c2ccccc2)N2CCCC2)cc1. The largest absolute Gasteiger partial charge is 0.497 e. The number of amides is 1. The molecule has 1 fully saturated rings. The van der Waals surface area contributed by atoms with Crippen molar-refractivity contribution in [3.63, 3.8) is 0 Å². The zero-order valence-electron chi connectivity index (χ0n) is 13.4. The average molecular weight is 310 g/mol. The third-order valence-corrected chi connectivity index (χ3v) is 4.23. The maximum Gasteiger partial charge on any atom is 0.246 e. The summed E-state index contributed by atoms with van der Waals surface area (Å²) in [6.07, 6.45) is 2.30. The van der Waals surface area contributed by atoms with E-state index in [1.165, 1.54) is 0 Å². The molecule has 3 rings (SSSR count). The lowest BCUT2D eigenvalue weighted by Gasteiger charge is -2.27. The van der Waals surface area contributed by atoms with Crippen molar-refractivity contribution in [1.82, 2.24) is 4.90 Å². The standard InChI is InChI=1S/C19H22N2O2/c1-23-17-11-9-16(10-12-17)20-19(22)18(21-13-5-6-14-21)15-7-3-2-4-8-15/h2-4,7-12,18H,5-6,13-14H2,1H3,(H,20,22)/t18-/m0/s1. The second-order valence-electron chi connectivity index (χ2n) is 5.77. The van der Waals surface area contributed by atoms with Crippen molar-refractivity contribution in [1.29, 1.82) is 0 Å². The molecule has 0 aliphatic carbocycles. The first-order valence-corrected chi connectivity index (χ1v) is 8.02. The Hall–Kier alpha value is -2.33. The molecule has 120 valence electrons. The summed E-state index contributed by atoms with van der Waals surface area (Å²) >= 11 is 0. The van der Waals surface area contributed by atoms with Gasteiger partial charge in [-0.1, -0.05) is 30.3 Å². The van der Waals surface area contributed by atoms with E-state index in [-0.39, 0.29) is 11.9 Å². The molecule has 1 aliphatic heterocycles. The number of benzene rings is 2. The van der Waals surface area contributed by atoms with E-state index in [9.17, 15) is 4.79 Å². The van der Waals surface area contributed by atoms with Crippen molar-refractivity contribution in [2.45, 2.75) is 18.9 Å². The molecular formula is C19H22N2O2. The molecule has 0 saturated carbocycles. The van der Waals surface area contributed by atoms with E-state index in [4.69, 9.17) is 4.74 Å². The third kappa shape index (κ3) is 3.71. The van der Waals surface area contributed by atoms with E-state index in [0.29, 0.717) is 0 Å². The maximum absolute atomic E-state index is 12.9. The molecule has 0 spiro atoms. The van der Waals surface area contributed by atoms with Crippen LogP contribution in [0.15, 0.2) is 54.6 Å². The number of carbonyl (C=O) groups is 1. The number of carbonyl (C=O) groups excluding carboxylic acids is 1. The van der Waals surface area contributed by atoms with Gasteiger partial charge in [0.05, 0.1) is 7.11 Å².